The van der Waals surface area contributed by atoms with Gasteiger partial charge in [-0.05, 0) is 47.5 Å². The van der Waals surface area contributed by atoms with Crippen molar-refractivity contribution in [2.45, 2.75) is 13.0 Å². The third kappa shape index (κ3) is 3.06. The highest BCUT2D eigenvalue weighted by Crippen LogP contribution is 2.25. The van der Waals surface area contributed by atoms with Gasteiger partial charge in [0.05, 0.1) is 5.56 Å². The SMILES string of the molecule is CNC(=O)c1ccc(N)cc1NC(C)c1ccsc1. The summed E-state index contributed by atoms with van der Waals surface area (Å²) in [6.45, 7) is 2.05. The van der Waals surface area contributed by atoms with Crippen molar-refractivity contribution in [3.63, 3.8) is 0 Å². The Bertz CT molecular complexity index is 566. The predicted molar refractivity (Wildman–Crippen MR) is 80.6 cm³/mol. The number of nitrogen functional groups attached to an aromatic ring is 1. The lowest BCUT2D eigenvalue weighted by molar-refractivity contribution is 0.0964. The van der Waals surface area contributed by atoms with E-state index in [4.69, 9.17) is 5.73 Å². The van der Waals surface area contributed by atoms with Crippen LogP contribution in [0.2, 0.25) is 0 Å². The number of carbonyl (C=O) groups excluding carboxylic acids is 1. The number of benzene rings is 1. The van der Waals surface area contributed by atoms with Gasteiger partial charge in [0.15, 0.2) is 0 Å². The molecule has 0 saturated heterocycles. The van der Waals surface area contributed by atoms with Gasteiger partial charge >= 0.3 is 0 Å². The number of thiophene rings is 1. The van der Waals surface area contributed by atoms with Crippen molar-refractivity contribution in [3.8, 4) is 0 Å². The first-order valence-corrected chi connectivity index (χ1v) is 6.96. The highest BCUT2D eigenvalue weighted by Gasteiger charge is 2.13. The first-order chi connectivity index (χ1) is 9.11. The molecule has 0 fully saturated rings. The van der Waals surface area contributed by atoms with Crippen LogP contribution in [0.3, 0.4) is 0 Å². The zero-order valence-corrected chi connectivity index (χ0v) is 11.8. The Morgan fingerprint density at radius 3 is 2.79 bits per heavy atom. The van der Waals surface area contributed by atoms with Crippen molar-refractivity contribution in [1.29, 1.82) is 0 Å². The van der Waals surface area contributed by atoms with Crippen molar-refractivity contribution in [3.05, 3.63) is 46.2 Å². The molecule has 19 heavy (non-hydrogen) atoms. The molecule has 1 unspecified atom stereocenters. The summed E-state index contributed by atoms with van der Waals surface area (Å²) in [7, 11) is 1.62. The Balaban J connectivity index is 2.28. The van der Waals surface area contributed by atoms with Crippen LogP contribution in [0.25, 0.3) is 0 Å². The predicted octanol–water partition coefficient (Wildman–Crippen LogP) is 2.86. The molecule has 0 aliphatic rings. The fourth-order valence-corrected chi connectivity index (χ4v) is 2.61. The van der Waals surface area contributed by atoms with Crippen molar-refractivity contribution in [2.75, 3.05) is 18.1 Å². The number of carbonyl (C=O) groups is 1. The van der Waals surface area contributed by atoms with E-state index in [9.17, 15) is 4.79 Å². The molecule has 0 radical (unpaired) electrons. The Morgan fingerprint density at radius 1 is 1.37 bits per heavy atom. The molecular weight excluding hydrogens is 258 g/mol. The van der Waals surface area contributed by atoms with E-state index in [2.05, 4.69) is 29.0 Å². The zero-order chi connectivity index (χ0) is 13.8. The van der Waals surface area contributed by atoms with Crippen LogP contribution in [0.15, 0.2) is 35.0 Å². The fourth-order valence-electron chi connectivity index (χ4n) is 1.85. The monoisotopic (exact) mass is 275 g/mol. The number of hydrogen-bond donors (Lipinski definition) is 3. The lowest BCUT2D eigenvalue weighted by Gasteiger charge is -2.17. The summed E-state index contributed by atoms with van der Waals surface area (Å²) in [6.07, 6.45) is 0. The second kappa shape index (κ2) is 5.75. The zero-order valence-electron chi connectivity index (χ0n) is 10.9. The average Bonchev–Trinajstić information content (AvgIpc) is 2.92. The van der Waals surface area contributed by atoms with E-state index in [-0.39, 0.29) is 11.9 Å². The molecule has 0 bridgehead atoms. The lowest BCUT2D eigenvalue weighted by atomic mass is 10.1. The Hall–Kier alpha value is -2.01. The number of rotatable bonds is 4. The molecule has 0 saturated carbocycles. The Labute approximate surface area is 116 Å². The van der Waals surface area contributed by atoms with Crippen LogP contribution in [0.1, 0.15) is 28.9 Å². The van der Waals surface area contributed by atoms with E-state index in [0.29, 0.717) is 11.3 Å². The first kappa shape index (κ1) is 13.4. The molecule has 100 valence electrons. The molecule has 1 amide bonds. The van der Waals surface area contributed by atoms with Crippen molar-refractivity contribution in [2.24, 2.45) is 0 Å². The van der Waals surface area contributed by atoms with Gasteiger partial charge in [-0.1, -0.05) is 0 Å². The molecule has 1 atom stereocenters. The maximum atomic E-state index is 11.8. The van der Waals surface area contributed by atoms with Crippen LogP contribution in [-0.2, 0) is 0 Å². The topological polar surface area (TPSA) is 67.2 Å². The maximum absolute atomic E-state index is 11.8. The number of nitrogens with two attached hydrogens (primary N) is 1. The van der Waals surface area contributed by atoms with Crippen molar-refractivity contribution < 1.29 is 4.79 Å². The summed E-state index contributed by atoms with van der Waals surface area (Å²) in [5, 5.41) is 10.1. The number of nitrogens with one attached hydrogen (secondary N) is 2. The quantitative estimate of drug-likeness (QED) is 0.752. The minimum Gasteiger partial charge on any atom is -0.399 e. The molecule has 1 heterocycles. The first-order valence-electron chi connectivity index (χ1n) is 6.02. The van der Waals surface area contributed by atoms with Gasteiger partial charge in [-0.2, -0.15) is 11.3 Å². The number of hydrogen-bond acceptors (Lipinski definition) is 4. The van der Waals surface area contributed by atoms with Crippen LogP contribution in [0.5, 0.6) is 0 Å². The Morgan fingerprint density at radius 2 is 2.16 bits per heavy atom. The summed E-state index contributed by atoms with van der Waals surface area (Å²) in [4.78, 5) is 11.8. The second-order valence-electron chi connectivity index (χ2n) is 4.31. The van der Waals surface area contributed by atoms with E-state index in [1.54, 1.807) is 36.6 Å². The molecular formula is C14H17N3OS. The minimum absolute atomic E-state index is 0.122. The van der Waals surface area contributed by atoms with E-state index >= 15 is 0 Å². The molecule has 4 nitrogen and oxygen atoms in total. The van der Waals surface area contributed by atoms with E-state index in [0.717, 1.165) is 5.69 Å². The standard InChI is InChI=1S/C14H17N3OS/c1-9(10-5-6-19-8-10)17-13-7-11(15)3-4-12(13)14(18)16-2/h3-9,17H,15H2,1-2H3,(H,16,18). The van der Waals surface area contributed by atoms with Crippen LogP contribution >= 0.6 is 11.3 Å². The summed E-state index contributed by atoms with van der Waals surface area (Å²) >= 11 is 1.65. The van der Waals surface area contributed by atoms with Crippen LogP contribution < -0.4 is 16.4 Å². The summed E-state index contributed by atoms with van der Waals surface area (Å²) in [5.41, 5.74) is 8.96. The molecule has 1 aromatic heterocycles. The normalized spacial score (nSPS) is 11.9. The van der Waals surface area contributed by atoms with Crippen molar-refractivity contribution in [1.82, 2.24) is 5.32 Å². The third-order valence-corrected chi connectivity index (χ3v) is 3.63. The molecule has 0 aliphatic carbocycles. The molecule has 4 N–H and O–H groups in total. The molecule has 2 aromatic rings. The smallest absolute Gasteiger partial charge is 0.253 e. The average molecular weight is 275 g/mol. The van der Waals surface area contributed by atoms with Crippen molar-refractivity contribution >= 4 is 28.6 Å². The third-order valence-electron chi connectivity index (χ3n) is 2.93. The Kier molecular flexibility index (Phi) is 4.06. The lowest BCUT2D eigenvalue weighted by Crippen LogP contribution is -2.20. The summed E-state index contributed by atoms with van der Waals surface area (Å²) < 4.78 is 0. The maximum Gasteiger partial charge on any atom is 0.253 e. The van der Waals surface area contributed by atoms with Crippen LogP contribution in [-0.4, -0.2) is 13.0 Å². The van der Waals surface area contributed by atoms with Gasteiger partial charge in [0.1, 0.15) is 0 Å². The van der Waals surface area contributed by atoms with Gasteiger partial charge in [0, 0.05) is 24.5 Å². The molecule has 2 rings (SSSR count). The highest BCUT2D eigenvalue weighted by molar-refractivity contribution is 7.08. The minimum atomic E-state index is -0.125. The number of amides is 1. The summed E-state index contributed by atoms with van der Waals surface area (Å²) in [6, 6.07) is 7.43. The highest BCUT2D eigenvalue weighted by atomic mass is 32.1. The van der Waals surface area contributed by atoms with Gasteiger partial charge in [-0.3, -0.25) is 4.79 Å². The largest absolute Gasteiger partial charge is 0.399 e. The van der Waals surface area contributed by atoms with Gasteiger partial charge < -0.3 is 16.4 Å². The van der Waals surface area contributed by atoms with Crippen LogP contribution in [0, 0.1) is 0 Å². The van der Waals surface area contributed by atoms with E-state index in [1.165, 1.54) is 5.56 Å². The van der Waals surface area contributed by atoms with Gasteiger partial charge in [-0.15, -0.1) is 0 Å². The second-order valence-corrected chi connectivity index (χ2v) is 5.09. The van der Waals surface area contributed by atoms with Gasteiger partial charge in [0.25, 0.3) is 5.91 Å². The van der Waals surface area contributed by atoms with Gasteiger partial charge in [0.2, 0.25) is 0 Å². The van der Waals surface area contributed by atoms with E-state index < -0.39 is 0 Å². The van der Waals surface area contributed by atoms with Gasteiger partial charge in [-0.25, -0.2) is 0 Å². The van der Waals surface area contributed by atoms with E-state index in [1.807, 2.05) is 5.38 Å². The molecule has 0 spiro atoms. The molecule has 5 heteroatoms. The summed E-state index contributed by atoms with van der Waals surface area (Å²) in [5.74, 6) is -0.125. The molecule has 1 aromatic carbocycles. The molecule has 0 aliphatic heterocycles. The van der Waals surface area contributed by atoms with Crippen LogP contribution in [0.4, 0.5) is 11.4 Å². The fraction of sp³-hybridized carbons (Fsp3) is 0.214. The number of anilines is 2.